The fraction of sp³-hybridized carbons (Fsp3) is 0.150. The maximum Gasteiger partial charge on any atom is 0.258 e. The van der Waals surface area contributed by atoms with Crippen LogP contribution in [-0.4, -0.2) is 22.5 Å². The summed E-state index contributed by atoms with van der Waals surface area (Å²) in [4.78, 5) is 20.7. The molecule has 3 aromatic rings. The second kappa shape index (κ2) is 8.62. The van der Waals surface area contributed by atoms with Crippen LogP contribution in [-0.2, 0) is 6.54 Å². The molecule has 1 amide bonds. The Morgan fingerprint density at radius 1 is 1.00 bits per heavy atom. The molecular weight excluding hydrogens is 328 g/mol. The van der Waals surface area contributed by atoms with Gasteiger partial charge in [-0.05, 0) is 36.8 Å². The van der Waals surface area contributed by atoms with Gasteiger partial charge in [0.1, 0.15) is 5.75 Å². The number of anilines is 2. The highest BCUT2D eigenvalue weighted by atomic mass is 16.5. The van der Waals surface area contributed by atoms with E-state index in [0.29, 0.717) is 30.4 Å². The molecule has 0 aliphatic carbocycles. The molecule has 0 atom stereocenters. The first-order valence-corrected chi connectivity index (χ1v) is 8.38. The molecule has 1 aromatic heterocycles. The highest BCUT2D eigenvalue weighted by molar-refractivity contribution is 6.03. The van der Waals surface area contributed by atoms with Crippen LogP contribution < -0.4 is 15.4 Å². The van der Waals surface area contributed by atoms with E-state index in [-0.39, 0.29) is 5.91 Å². The predicted molar refractivity (Wildman–Crippen MR) is 101 cm³/mol. The van der Waals surface area contributed by atoms with Crippen LogP contribution in [0.15, 0.2) is 67.0 Å². The molecule has 0 spiro atoms. The molecule has 0 fully saturated rings. The number of benzene rings is 2. The summed E-state index contributed by atoms with van der Waals surface area (Å²) in [6.45, 7) is 3.15. The van der Waals surface area contributed by atoms with Crippen molar-refractivity contribution in [3.63, 3.8) is 0 Å². The standard InChI is InChI=1S/C20H20N4O2/c1-2-26-18-10-8-17(9-11-18)24-19(25)16-13-22-20(23-14-16)21-12-15-6-4-3-5-7-15/h3-11,13-14H,2,12H2,1H3,(H,24,25)(H,21,22,23). The molecule has 2 aromatic carbocycles. The van der Waals surface area contributed by atoms with Crippen LogP contribution in [0.5, 0.6) is 5.75 Å². The number of nitrogens with one attached hydrogen (secondary N) is 2. The summed E-state index contributed by atoms with van der Waals surface area (Å²) >= 11 is 0. The van der Waals surface area contributed by atoms with E-state index in [9.17, 15) is 4.79 Å². The van der Waals surface area contributed by atoms with Gasteiger partial charge in [0.15, 0.2) is 0 Å². The Balaban J connectivity index is 1.56. The molecule has 0 bridgehead atoms. The number of nitrogens with zero attached hydrogens (tertiary/aromatic N) is 2. The van der Waals surface area contributed by atoms with Crippen LogP contribution in [0.1, 0.15) is 22.8 Å². The minimum atomic E-state index is -0.260. The number of aromatic nitrogens is 2. The molecule has 0 aliphatic heterocycles. The van der Waals surface area contributed by atoms with Crippen molar-refractivity contribution in [2.24, 2.45) is 0 Å². The van der Waals surface area contributed by atoms with E-state index in [1.165, 1.54) is 12.4 Å². The van der Waals surface area contributed by atoms with E-state index in [1.54, 1.807) is 12.1 Å². The van der Waals surface area contributed by atoms with Gasteiger partial charge in [0.2, 0.25) is 5.95 Å². The Kier molecular flexibility index (Phi) is 5.77. The summed E-state index contributed by atoms with van der Waals surface area (Å²) in [6, 6.07) is 17.2. The lowest BCUT2D eigenvalue weighted by Gasteiger charge is -2.08. The van der Waals surface area contributed by atoms with Crippen molar-refractivity contribution in [1.82, 2.24) is 9.97 Å². The minimum absolute atomic E-state index is 0.260. The zero-order valence-electron chi connectivity index (χ0n) is 14.5. The first-order valence-electron chi connectivity index (χ1n) is 8.38. The van der Waals surface area contributed by atoms with Crippen molar-refractivity contribution in [3.05, 3.63) is 78.1 Å². The fourth-order valence-corrected chi connectivity index (χ4v) is 2.32. The Morgan fingerprint density at radius 3 is 2.35 bits per heavy atom. The van der Waals surface area contributed by atoms with Crippen LogP contribution in [0.25, 0.3) is 0 Å². The van der Waals surface area contributed by atoms with Crippen molar-refractivity contribution in [2.45, 2.75) is 13.5 Å². The summed E-state index contributed by atoms with van der Waals surface area (Å²) in [6.07, 6.45) is 3.01. The first kappa shape index (κ1) is 17.4. The summed E-state index contributed by atoms with van der Waals surface area (Å²) in [5.41, 5.74) is 2.21. The largest absolute Gasteiger partial charge is 0.494 e. The van der Waals surface area contributed by atoms with Crippen molar-refractivity contribution >= 4 is 17.5 Å². The minimum Gasteiger partial charge on any atom is -0.494 e. The average Bonchev–Trinajstić information content (AvgIpc) is 2.69. The zero-order chi connectivity index (χ0) is 18.2. The van der Waals surface area contributed by atoms with Gasteiger partial charge in [0.25, 0.3) is 5.91 Å². The Bertz CT molecular complexity index is 834. The van der Waals surface area contributed by atoms with E-state index in [2.05, 4.69) is 20.6 Å². The second-order valence-electron chi connectivity index (χ2n) is 5.55. The van der Waals surface area contributed by atoms with Gasteiger partial charge < -0.3 is 15.4 Å². The van der Waals surface area contributed by atoms with E-state index in [0.717, 1.165) is 11.3 Å². The van der Waals surface area contributed by atoms with Gasteiger partial charge in [-0.15, -0.1) is 0 Å². The van der Waals surface area contributed by atoms with Crippen molar-refractivity contribution in [3.8, 4) is 5.75 Å². The smallest absolute Gasteiger partial charge is 0.258 e. The third kappa shape index (κ3) is 4.80. The van der Waals surface area contributed by atoms with E-state index < -0.39 is 0 Å². The molecule has 0 radical (unpaired) electrons. The molecule has 132 valence electrons. The topological polar surface area (TPSA) is 76.1 Å². The van der Waals surface area contributed by atoms with Crippen LogP contribution in [0, 0.1) is 0 Å². The highest BCUT2D eigenvalue weighted by Crippen LogP contribution is 2.16. The van der Waals surface area contributed by atoms with Gasteiger partial charge in [0.05, 0.1) is 12.2 Å². The van der Waals surface area contributed by atoms with Gasteiger partial charge in [-0.2, -0.15) is 0 Å². The van der Waals surface area contributed by atoms with Crippen molar-refractivity contribution in [1.29, 1.82) is 0 Å². The second-order valence-corrected chi connectivity index (χ2v) is 5.55. The quantitative estimate of drug-likeness (QED) is 0.680. The molecule has 1 heterocycles. The Labute approximate surface area is 152 Å². The summed E-state index contributed by atoms with van der Waals surface area (Å²) in [5, 5.41) is 5.94. The van der Waals surface area contributed by atoms with Gasteiger partial charge >= 0.3 is 0 Å². The molecular formula is C20H20N4O2. The van der Waals surface area contributed by atoms with Crippen LogP contribution in [0.4, 0.5) is 11.6 Å². The molecule has 26 heavy (non-hydrogen) atoms. The molecule has 0 unspecified atom stereocenters. The molecule has 6 heteroatoms. The van der Waals surface area contributed by atoms with E-state index >= 15 is 0 Å². The van der Waals surface area contributed by atoms with Gasteiger partial charge in [-0.25, -0.2) is 9.97 Å². The lowest BCUT2D eigenvalue weighted by molar-refractivity contribution is 0.102. The molecule has 0 saturated carbocycles. The number of ether oxygens (including phenoxy) is 1. The maximum atomic E-state index is 12.3. The SMILES string of the molecule is CCOc1ccc(NC(=O)c2cnc(NCc3ccccc3)nc2)cc1. The van der Waals surface area contributed by atoms with Crippen molar-refractivity contribution in [2.75, 3.05) is 17.2 Å². The molecule has 0 saturated heterocycles. The third-order valence-electron chi connectivity index (χ3n) is 3.63. The van der Waals surface area contributed by atoms with Gasteiger partial charge in [-0.3, -0.25) is 4.79 Å². The van der Waals surface area contributed by atoms with Gasteiger partial charge in [-0.1, -0.05) is 30.3 Å². The lowest BCUT2D eigenvalue weighted by atomic mass is 10.2. The number of carbonyl (C=O) groups is 1. The summed E-state index contributed by atoms with van der Waals surface area (Å²) < 4.78 is 5.38. The average molecular weight is 348 g/mol. The van der Waals surface area contributed by atoms with Crippen molar-refractivity contribution < 1.29 is 9.53 Å². The Hall–Kier alpha value is -3.41. The Morgan fingerprint density at radius 2 is 1.69 bits per heavy atom. The maximum absolute atomic E-state index is 12.3. The number of rotatable bonds is 7. The van der Waals surface area contributed by atoms with E-state index in [1.807, 2.05) is 49.4 Å². The zero-order valence-corrected chi connectivity index (χ0v) is 14.5. The normalized spacial score (nSPS) is 10.2. The molecule has 6 nitrogen and oxygen atoms in total. The number of hydrogen-bond donors (Lipinski definition) is 2. The first-order chi connectivity index (χ1) is 12.7. The monoisotopic (exact) mass is 348 g/mol. The lowest BCUT2D eigenvalue weighted by Crippen LogP contribution is -2.13. The third-order valence-corrected chi connectivity index (χ3v) is 3.63. The van der Waals surface area contributed by atoms with Gasteiger partial charge in [0, 0.05) is 24.6 Å². The summed E-state index contributed by atoms with van der Waals surface area (Å²) in [7, 11) is 0. The van der Waals surface area contributed by atoms with E-state index in [4.69, 9.17) is 4.74 Å². The molecule has 2 N–H and O–H groups in total. The number of amides is 1. The van der Waals surface area contributed by atoms with Crippen LogP contribution in [0.2, 0.25) is 0 Å². The molecule has 0 aliphatic rings. The highest BCUT2D eigenvalue weighted by Gasteiger charge is 2.08. The predicted octanol–water partition coefficient (Wildman–Crippen LogP) is 3.74. The number of hydrogen-bond acceptors (Lipinski definition) is 5. The van der Waals surface area contributed by atoms with Crippen LogP contribution >= 0.6 is 0 Å². The fourth-order valence-electron chi connectivity index (χ4n) is 2.32. The molecule has 3 rings (SSSR count). The summed E-state index contributed by atoms with van der Waals surface area (Å²) in [5.74, 6) is 0.984. The number of carbonyl (C=O) groups excluding carboxylic acids is 1. The van der Waals surface area contributed by atoms with Crippen LogP contribution in [0.3, 0.4) is 0 Å².